The number of aliphatic carboxylic acids is 1. The van der Waals surface area contributed by atoms with E-state index in [0.717, 1.165) is 0 Å². The molecule has 0 aliphatic rings. The summed E-state index contributed by atoms with van der Waals surface area (Å²) in [5.41, 5.74) is 2.49. The summed E-state index contributed by atoms with van der Waals surface area (Å²) in [5, 5.41) is 30.7. The van der Waals surface area contributed by atoms with Crippen molar-refractivity contribution in [1.29, 1.82) is 0 Å². The maximum Gasteiger partial charge on any atom is 1.00 e. The molecule has 0 bridgehead atoms. The molecule has 0 spiro atoms. The number of hydrogen-bond acceptors (Lipinski definition) is 5. The molecule has 3 aromatic rings. The molecule has 0 aliphatic carbocycles. The first-order chi connectivity index (χ1) is 15.7. The van der Waals surface area contributed by atoms with Crippen molar-refractivity contribution in [2.45, 2.75) is 44.8 Å². The average Bonchev–Trinajstić information content (AvgIpc) is 3.12. The van der Waals surface area contributed by atoms with Gasteiger partial charge in [0.1, 0.15) is 17.5 Å². The Bertz CT molecular complexity index is 1130. The van der Waals surface area contributed by atoms with Crippen LogP contribution >= 0.6 is 0 Å². The van der Waals surface area contributed by atoms with Crippen LogP contribution in [0.3, 0.4) is 0 Å². The standard InChI is InChI=1S/C25H26F2N2O4.Na/c1-15(2)25-28-23(16-3-7-18(26)8-4-16)24(17-5-9-19(27)10-6-17)29(25)12-11-20(30)13-21(31)14-22(32)33;/h3-12,15,20-21,30-31H,13-14H2,1-2H3,(H,32,33);/q;+1/p-1/b12-11+;/t20-,21-;/m1./s1. The van der Waals surface area contributed by atoms with E-state index < -0.39 is 30.4 Å². The second-order valence-electron chi connectivity index (χ2n) is 8.08. The molecule has 2 N–H and O–H groups in total. The van der Waals surface area contributed by atoms with Crippen LogP contribution < -0.4 is 34.7 Å². The molecule has 0 fully saturated rings. The van der Waals surface area contributed by atoms with Crippen LogP contribution in [0.4, 0.5) is 8.78 Å². The number of carboxylic acids is 1. The van der Waals surface area contributed by atoms with Crippen LogP contribution in [0.2, 0.25) is 0 Å². The van der Waals surface area contributed by atoms with E-state index in [0.29, 0.717) is 28.3 Å². The van der Waals surface area contributed by atoms with Crippen molar-refractivity contribution in [2.24, 2.45) is 0 Å². The molecule has 0 unspecified atom stereocenters. The summed E-state index contributed by atoms with van der Waals surface area (Å²) < 4.78 is 28.9. The van der Waals surface area contributed by atoms with Gasteiger partial charge in [-0.15, -0.1) is 0 Å². The van der Waals surface area contributed by atoms with Gasteiger partial charge in [0.2, 0.25) is 0 Å². The number of aliphatic hydroxyl groups excluding tert-OH is 2. The molecule has 2 atom stereocenters. The van der Waals surface area contributed by atoms with Crippen LogP contribution in [-0.4, -0.2) is 37.9 Å². The number of imidazole rings is 1. The number of carbonyl (C=O) groups excluding carboxylic acids is 1. The van der Waals surface area contributed by atoms with E-state index in [1.54, 1.807) is 35.0 Å². The minimum Gasteiger partial charge on any atom is -0.550 e. The van der Waals surface area contributed by atoms with Crippen molar-refractivity contribution >= 4 is 12.2 Å². The van der Waals surface area contributed by atoms with Gasteiger partial charge >= 0.3 is 29.6 Å². The van der Waals surface area contributed by atoms with E-state index in [1.165, 1.54) is 30.3 Å². The van der Waals surface area contributed by atoms with Crippen molar-refractivity contribution in [1.82, 2.24) is 9.55 Å². The number of nitrogens with zero attached hydrogens (tertiary/aromatic N) is 2. The Morgan fingerprint density at radius 3 is 2.06 bits per heavy atom. The minimum atomic E-state index is -1.40. The first kappa shape index (κ1) is 27.9. The summed E-state index contributed by atoms with van der Waals surface area (Å²) in [6, 6.07) is 11.7. The third-order valence-corrected chi connectivity index (χ3v) is 5.06. The summed E-state index contributed by atoms with van der Waals surface area (Å²) in [6.07, 6.45) is -0.140. The fourth-order valence-electron chi connectivity index (χ4n) is 3.52. The van der Waals surface area contributed by atoms with Crippen molar-refractivity contribution in [3.63, 3.8) is 0 Å². The van der Waals surface area contributed by atoms with Gasteiger partial charge in [0, 0.05) is 42.1 Å². The van der Waals surface area contributed by atoms with Gasteiger partial charge < -0.3 is 24.7 Å². The normalized spacial score (nSPS) is 13.1. The van der Waals surface area contributed by atoms with Gasteiger partial charge in [-0.25, -0.2) is 13.8 Å². The fourth-order valence-corrected chi connectivity index (χ4v) is 3.52. The monoisotopic (exact) mass is 478 g/mol. The van der Waals surface area contributed by atoms with Gasteiger partial charge in [-0.3, -0.25) is 0 Å². The Hall–Kier alpha value is -2.36. The summed E-state index contributed by atoms with van der Waals surface area (Å²) in [7, 11) is 0. The molecule has 0 amide bonds. The number of benzene rings is 2. The van der Waals surface area contributed by atoms with Crippen LogP contribution in [0.5, 0.6) is 0 Å². The Morgan fingerprint density at radius 1 is 1.03 bits per heavy atom. The van der Waals surface area contributed by atoms with Gasteiger partial charge in [0.05, 0.1) is 23.6 Å². The first-order valence-corrected chi connectivity index (χ1v) is 10.5. The van der Waals surface area contributed by atoms with Crippen LogP contribution in [0.25, 0.3) is 28.7 Å². The topological polar surface area (TPSA) is 98.4 Å². The SMILES string of the molecule is CC(C)c1nc(-c2ccc(F)cc2)c(-c2ccc(F)cc2)n1/C=C/[C@@H](O)C[C@@H](O)CC(=O)[O-].[Na+]. The molecular weight excluding hydrogens is 453 g/mol. The van der Waals surface area contributed by atoms with E-state index >= 15 is 0 Å². The zero-order chi connectivity index (χ0) is 24.1. The van der Waals surface area contributed by atoms with Crippen molar-refractivity contribution < 1.29 is 58.5 Å². The van der Waals surface area contributed by atoms with Gasteiger partial charge in [0.25, 0.3) is 0 Å². The smallest absolute Gasteiger partial charge is 0.550 e. The third kappa shape index (κ3) is 7.07. The molecular formula is C25H25F2N2NaO4. The number of carboxylic acid groups (broad SMARTS) is 1. The molecule has 3 rings (SSSR count). The van der Waals surface area contributed by atoms with E-state index in [1.807, 2.05) is 13.8 Å². The third-order valence-electron chi connectivity index (χ3n) is 5.06. The van der Waals surface area contributed by atoms with E-state index in [4.69, 9.17) is 4.98 Å². The zero-order valence-corrected chi connectivity index (χ0v) is 21.3. The van der Waals surface area contributed by atoms with Crippen molar-refractivity contribution in [3.05, 3.63) is 72.1 Å². The zero-order valence-electron chi connectivity index (χ0n) is 19.3. The van der Waals surface area contributed by atoms with E-state index in [2.05, 4.69) is 0 Å². The van der Waals surface area contributed by atoms with Crippen LogP contribution in [0.1, 0.15) is 38.4 Å². The summed E-state index contributed by atoms with van der Waals surface area (Å²) >= 11 is 0. The Balaban J connectivity index is 0.00000408. The number of hydrogen-bond donors (Lipinski definition) is 2. The maximum atomic E-state index is 13.6. The van der Waals surface area contributed by atoms with Crippen molar-refractivity contribution in [3.8, 4) is 22.5 Å². The largest absolute Gasteiger partial charge is 1.00 e. The van der Waals surface area contributed by atoms with Gasteiger partial charge in [0.15, 0.2) is 0 Å². The Kier molecular flexibility index (Phi) is 10.1. The predicted octanol–water partition coefficient (Wildman–Crippen LogP) is 0.345. The molecule has 174 valence electrons. The quantitative estimate of drug-likeness (QED) is 0.433. The summed E-state index contributed by atoms with van der Waals surface area (Å²) in [6.45, 7) is 3.88. The molecule has 0 saturated carbocycles. The molecule has 6 nitrogen and oxygen atoms in total. The van der Waals surface area contributed by atoms with E-state index in [-0.39, 0.29) is 47.7 Å². The number of aromatic nitrogens is 2. The number of halogens is 2. The predicted molar refractivity (Wildman–Crippen MR) is 119 cm³/mol. The molecule has 9 heteroatoms. The van der Waals surface area contributed by atoms with Crippen LogP contribution in [0, 0.1) is 11.6 Å². The molecule has 1 heterocycles. The molecule has 0 aliphatic heterocycles. The Labute approximate surface area is 218 Å². The van der Waals surface area contributed by atoms with Crippen molar-refractivity contribution in [2.75, 3.05) is 0 Å². The maximum absolute atomic E-state index is 13.6. The summed E-state index contributed by atoms with van der Waals surface area (Å²) in [4.78, 5) is 15.4. The second kappa shape index (κ2) is 12.4. The van der Waals surface area contributed by atoms with E-state index in [9.17, 15) is 28.9 Å². The second-order valence-corrected chi connectivity index (χ2v) is 8.08. The average molecular weight is 478 g/mol. The molecule has 1 aromatic heterocycles. The minimum absolute atomic E-state index is 0. The molecule has 34 heavy (non-hydrogen) atoms. The number of carbonyl (C=O) groups is 1. The Morgan fingerprint density at radius 2 is 1.56 bits per heavy atom. The van der Waals surface area contributed by atoms with Gasteiger partial charge in [-0.1, -0.05) is 13.8 Å². The fraction of sp³-hybridized carbons (Fsp3) is 0.280. The number of aliphatic hydroxyl groups is 2. The summed E-state index contributed by atoms with van der Waals surface area (Å²) in [5.74, 6) is -1.58. The van der Waals surface area contributed by atoms with Crippen LogP contribution in [-0.2, 0) is 4.79 Å². The number of rotatable bonds is 9. The molecule has 0 radical (unpaired) electrons. The molecule has 2 aromatic carbocycles. The molecule has 0 saturated heterocycles. The van der Waals surface area contributed by atoms with Gasteiger partial charge in [-0.2, -0.15) is 0 Å². The first-order valence-electron chi connectivity index (χ1n) is 10.5. The van der Waals surface area contributed by atoms with Gasteiger partial charge in [-0.05, 0) is 54.6 Å². The van der Waals surface area contributed by atoms with Crippen LogP contribution in [0.15, 0.2) is 54.6 Å².